The summed E-state index contributed by atoms with van der Waals surface area (Å²) in [6.07, 6.45) is 3.81. The molecular weight excluding hydrogens is 124 g/mol. The standard InChI is InChI=1S/C9H18O/c1-7-5-4-6-8(7)9(2,3)10/h7-8,10H,4-6H2,1-3H3. The highest BCUT2D eigenvalue weighted by molar-refractivity contribution is 4.85. The highest BCUT2D eigenvalue weighted by Crippen LogP contribution is 2.38. The molecule has 0 aliphatic heterocycles. The minimum Gasteiger partial charge on any atom is -0.390 e. The molecule has 1 rings (SSSR count). The Labute approximate surface area is 63.4 Å². The first-order chi connectivity index (χ1) is 4.52. The van der Waals surface area contributed by atoms with Crippen LogP contribution in [0.4, 0.5) is 0 Å². The first-order valence-electron chi connectivity index (χ1n) is 4.24. The Kier molecular flexibility index (Phi) is 2.04. The van der Waals surface area contributed by atoms with E-state index in [-0.39, 0.29) is 0 Å². The van der Waals surface area contributed by atoms with Crippen LogP contribution in [0.15, 0.2) is 0 Å². The van der Waals surface area contributed by atoms with Crippen LogP contribution >= 0.6 is 0 Å². The zero-order chi connectivity index (χ0) is 7.78. The summed E-state index contributed by atoms with van der Waals surface area (Å²) >= 11 is 0. The van der Waals surface area contributed by atoms with E-state index >= 15 is 0 Å². The van der Waals surface area contributed by atoms with Crippen molar-refractivity contribution in [2.75, 3.05) is 0 Å². The van der Waals surface area contributed by atoms with Crippen molar-refractivity contribution < 1.29 is 5.11 Å². The second kappa shape index (κ2) is 2.54. The zero-order valence-electron chi connectivity index (χ0n) is 7.22. The summed E-state index contributed by atoms with van der Waals surface area (Å²) in [6.45, 7) is 6.11. The molecule has 0 saturated heterocycles. The van der Waals surface area contributed by atoms with Gasteiger partial charge in [-0.15, -0.1) is 0 Å². The molecule has 0 heterocycles. The van der Waals surface area contributed by atoms with Gasteiger partial charge in [0.2, 0.25) is 0 Å². The molecule has 1 aliphatic carbocycles. The van der Waals surface area contributed by atoms with Gasteiger partial charge < -0.3 is 5.11 Å². The third-order valence-electron chi connectivity index (χ3n) is 2.77. The van der Waals surface area contributed by atoms with Crippen molar-refractivity contribution in [1.82, 2.24) is 0 Å². The molecule has 0 amide bonds. The summed E-state index contributed by atoms with van der Waals surface area (Å²) in [4.78, 5) is 0. The van der Waals surface area contributed by atoms with Gasteiger partial charge in [0.25, 0.3) is 0 Å². The van der Waals surface area contributed by atoms with Gasteiger partial charge in [-0.05, 0) is 32.1 Å². The molecule has 0 aromatic carbocycles. The van der Waals surface area contributed by atoms with E-state index in [4.69, 9.17) is 0 Å². The fraction of sp³-hybridized carbons (Fsp3) is 1.00. The van der Waals surface area contributed by atoms with Crippen molar-refractivity contribution in [2.45, 2.75) is 45.6 Å². The van der Waals surface area contributed by atoms with Crippen molar-refractivity contribution in [1.29, 1.82) is 0 Å². The molecule has 60 valence electrons. The minimum atomic E-state index is -0.448. The monoisotopic (exact) mass is 142 g/mol. The van der Waals surface area contributed by atoms with Crippen LogP contribution in [0.5, 0.6) is 0 Å². The first kappa shape index (κ1) is 8.06. The van der Waals surface area contributed by atoms with Crippen molar-refractivity contribution in [3.8, 4) is 0 Å². The molecule has 0 radical (unpaired) electrons. The van der Waals surface area contributed by atoms with Crippen molar-refractivity contribution >= 4 is 0 Å². The third-order valence-corrected chi connectivity index (χ3v) is 2.77. The quantitative estimate of drug-likeness (QED) is 0.595. The van der Waals surface area contributed by atoms with Crippen molar-refractivity contribution in [3.63, 3.8) is 0 Å². The molecule has 2 unspecified atom stereocenters. The van der Waals surface area contributed by atoms with Crippen molar-refractivity contribution in [3.05, 3.63) is 0 Å². The maximum atomic E-state index is 9.69. The molecule has 0 aromatic heterocycles. The molecule has 1 heteroatoms. The van der Waals surface area contributed by atoms with Gasteiger partial charge in [0.1, 0.15) is 0 Å². The van der Waals surface area contributed by atoms with Crippen LogP contribution in [0.2, 0.25) is 0 Å². The second-order valence-electron chi connectivity index (χ2n) is 4.17. The molecule has 1 aliphatic rings. The molecule has 1 saturated carbocycles. The zero-order valence-corrected chi connectivity index (χ0v) is 7.22. The molecule has 0 aromatic rings. The largest absolute Gasteiger partial charge is 0.390 e. The molecule has 2 atom stereocenters. The SMILES string of the molecule is CC1CCCC1C(C)(C)O. The van der Waals surface area contributed by atoms with E-state index in [0.717, 1.165) is 5.92 Å². The molecule has 0 spiro atoms. The highest BCUT2D eigenvalue weighted by atomic mass is 16.3. The Morgan fingerprint density at radius 1 is 1.30 bits per heavy atom. The summed E-state index contributed by atoms with van der Waals surface area (Å²) < 4.78 is 0. The van der Waals surface area contributed by atoms with E-state index in [9.17, 15) is 5.11 Å². The molecule has 1 nitrogen and oxygen atoms in total. The molecule has 0 bridgehead atoms. The molecule has 1 fully saturated rings. The average Bonchev–Trinajstić information content (AvgIpc) is 2.11. The second-order valence-corrected chi connectivity index (χ2v) is 4.17. The summed E-state index contributed by atoms with van der Waals surface area (Å²) in [5.74, 6) is 1.26. The predicted octanol–water partition coefficient (Wildman–Crippen LogP) is 2.19. The minimum absolute atomic E-state index is 0.448. The average molecular weight is 142 g/mol. The molecular formula is C9H18O. The number of aliphatic hydroxyl groups is 1. The Bertz CT molecular complexity index is 112. The van der Waals surface area contributed by atoms with Crippen LogP contribution in [-0.2, 0) is 0 Å². The van der Waals surface area contributed by atoms with Crippen LogP contribution in [0, 0.1) is 11.8 Å². The van der Waals surface area contributed by atoms with Gasteiger partial charge in [0.05, 0.1) is 5.60 Å². The van der Waals surface area contributed by atoms with E-state index < -0.39 is 5.60 Å². The smallest absolute Gasteiger partial charge is 0.0622 e. The number of rotatable bonds is 1. The number of hydrogen-bond donors (Lipinski definition) is 1. The lowest BCUT2D eigenvalue weighted by Crippen LogP contribution is -2.32. The summed E-state index contributed by atoms with van der Waals surface area (Å²) in [5.41, 5.74) is -0.448. The normalized spacial score (nSPS) is 34.8. The van der Waals surface area contributed by atoms with E-state index in [1.165, 1.54) is 19.3 Å². The van der Waals surface area contributed by atoms with Crippen LogP contribution in [0.25, 0.3) is 0 Å². The van der Waals surface area contributed by atoms with Gasteiger partial charge >= 0.3 is 0 Å². The summed E-state index contributed by atoms with van der Waals surface area (Å²) in [5, 5.41) is 9.69. The maximum Gasteiger partial charge on any atom is 0.0622 e. The lowest BCUT2D eigenvalue weighted by Gasteiger charge is -2.28. The summed E-state index contributed by atoms with van der Waals surface area (Å²) in [7, 11) is 0. The van der Waals surface area contributed by atoms with Gasteiger partial charge in [-0.1, -0.05) is 19.8 Å². The van der Waals surface area contributed by atoms with Gasteiger partial charge in [-0.3, -0.25) is 0 Å². The molecule has 1 N–H and O–H groups in total. The van der Waals surface area contributed by atoms with Crippen LogP contribution in [0.1, 0.15) is 40.0 Å². The Hall–Kier alpha value is -0.0400. The van der Waals surface area contributed by atoms with Crippen LogP contribution in [0.3, 0.4) is 0 Å². The van der Waals surface area contributed by atoms with Gasteiger partial charge in [0, 0.05) is 0 Å². The molecule has 10 heavy (non-hydrogen) atoms. The maximum absolute atomic E-state index is 9.69. The van der Waals surface area contributed by atoms with Crippen LogP contribution < -0.4 is 0 Å². The predicted molar refractivity (Wildman–Crippen MR) is 42.8 cm³/mol. The summed E-state index contributed by atoms with van der Waals surface area (Å²) in [6, 6.07) is 0. The Morgan fingerprint density at radius 2 is 1.90 bits per heavy atom. The van der Waals surface area contributed by atoms with E-state index in [1.54, 1.807) is 0 Å². The van der Waals surface area contributed by atoms with Gasteiger partial charge in [0.15, 0.2) is 0 Å². The van der Waals surface area contributed by atoms with Crippen LogP contribution in [-0.4, -0.2) is 10.7 Å². The lowest BCUT2D eigenvalue weighted by molar-refractivity contribution is 0.00334. The van der Waals surface area contributed by atoms with Gasteiger partial charge in [-0.25, -0.2) is 0 Å². The van der Waals surface area contributed by atoms with E-state index in [2.05, 4.69) is 6.92 Å². The van der Waals surface area contributed by atoms with E-state index in [1.807, 2.05) is 13.8 Å². The Balaban J connectivity index is 2.55. The third kappa shape index (κ3) is 1.51. The lowest BCUT2D eigenvalue weighted by atomic mass is 9.84. The topological polar surface area (TPSA) is 20.2 Å². The first-order valence-corrected chi connectivity index (χ1v) is 4.24. The van der Waals surface area contributed by atoms with E-state index in [0.29, 0.717) is 5.92 Å². The highest BCUT2D eigenvalue weighted by Gasteiger charge is 2.34. The fourth-order valence-electron chi connectivity index (χ4n) is 2.19. The number of hydrogen-bond acceptors (Lipinski definition) is 1. The Morgan fingerprint density at radius 3 is 2.10 bits per heavy atom. The van der Waals surface area contributed by atoms with Crippen molar-refractivity contribution in [2.24, 2.45) is 11.8 Å². The van der Waals surface area contributed by atoms with Gasteiger partial charge in [-0.2, -0.15) is 0 Å². The fourth-order valence-corrected chi connectivity index (χ4v) is 2.19.